The molecule has 33 heavy (non-hydrogen) atoms. The van der Waals surface area contributed by atoms with E-state index in [1.165, 1.54) is 12.1 Å². The van der Waals surface area contributed by atoms with E-state index in [9.17, 15) is 19.1 Å². The molecule has 0 unspecified atom stereocenters. The van der Waals surface area contributed by atoms with E-state index in [-0.39, 0.29) is 42.4 Å². The van der Waals surface area contributed by atoms with Gasteiger partial charge in [0.1, 0.15) is 5.82 Å². The van der Waals surface area contributed by atoms with Gasteiger partial charge in [-0.25, -0.2) is 4.39 Å². The Bertz CT molecular complexity index is 784. The van der Waals surface area contributed by atoms with Crippen LogP contribution in [0.3, 0.4) is 0 Å². The molecular formula is C25H41FN4O3. The second-order valence-corrected chi connectivity index (χ2v) is 10.1. The van der Waals surface area contributed by atoms with Crippen LogP contribution in [0.15, 0.2) is 24.3 Å². The summed E-state index contributed by atoms with van der Waals surface area (Å²) in [6, 6.07) is 5.30. The van der Waals surface area contributed by atoms with Gasteiger partial charge in [-0.2, -0.15) is 0 Å². The first-order valence-electron chi connectivity index (χ1n) is 12.0. The van der Waals surface area contributed by atoms with Gasteiger partial charge in [-0.3, -0.25) is 14.5 Å². The summed E-state index contributed by atoms with van der Waals surface area (Å²) in [6.45, 7) is 11.6. The highest BCUT2D eigenvalue weighted by atomic mass is 19.1. The largest absolute Gasteiger partial charge is 0.391 e. The van der Waals surface area contributed by atoms with Gasteiger partial charge in [0.2, 0.25) is 11.8 Å². The van der Waals surface area contributed by atoms with Gasteiger partial charge >= 0.3 is 0 Å². The highest BCUT2D eigenvalue weighted by Gasteiger charge is 2.40. The van der Waals surface area contributed by atoms with Crippen molar-refractivity contribution < 1.29 is 19.1 Å². The maximum Gasteiger partial charge on any atom is 0.241 e. The summed E-state index contributed by atoms with van der Waals surface area (Å²) >= 11 is 0. The summed E-state index contributed by atoms with van der Waals surface area (Å²) in [5, 5.41) is 13.8. The van der Waals surface area contributed by atoms with Crippen LogP contribution in [0.4, 0.5) is 10.1 Å². The summed E-state index contributed by atoms with van der Waals surface area (Å²) < 4.78 is 13.3. The molecule has 7 nitrogen and oxygen atoms in total. The number of nitrogens with one attached hydrogen (secondary N) is 1. The molecule has 1 aromatic rings. The molecule has 4 N–H and O–H groups in total. The first-order chi connectivity index (χ1) is 15.5. The Morgan fingerprint density at radius 1 is 1.27 bits per heavy atom. The lowest BCUT2D eigenvalue weighted by molar-refractivity contribution is -0.127. The Morgan fingerprint density at radius 2 is 1.91 bits per heavy atom. The molecule has 0 aromatic heterocycles. The fourth-order valence-electron chi connectivity index (χ4n) is 4.22. The molecular weight excluding hydrogens is 423 g/mol. The first-order valence-corrected chi connectivity index (χ1v) is 12.0. The molecule has 1 saturated heterocycles. The van der Waals surface area contributed by atoms with Crippen molar-refractivity contribution in [1.29, 1.82) is 0 Å². The average Bonchev–Trinajstić information content (AvgIpc) is 2.74. The number of carbonyl (C=O) groups excluding carboxylic acids is 2. The minimum absolute atomic E-state index is 0.0480. The third-order valence-electron chi connectivity index (χ3n) is 6.56. The third-order valence-corrected chi connectivity index (χ3v) is 6.56. The van der Waals surface area contributed by atoms with Gasteiger partial charge in [-0.05, 0) is 56.9 Å². The number of piperazine rings is 1. The molecule has 0 radical (unpaired) electrons. The zero-order valence-corrected chi connectivity index (χ0v) is 20.7. The third kappa shape index (κ3) is 7.48. The quantitative estimate of drug-likeness (QED) is 0.437. The number of hydrogen-bond donors (Lipinski definition) is 3. The van der Waals surface area contributed by atoms with E-state index in [0.29, 0.717) is 25.3 Å². The Labute approximate surface area is 197 Å². The molecule has 3 atom stereocenters. The van der Waals surface area contributed by atoms with Crippen molar-refractivity contribution in [3.8, 4) is 0 Å². The van der Waals surface area contributed by atoms with Crippen molar-refractivity contribution in [2.24, 2.45) is 17.6 Å². The van der Waals surface area contributed by atoms with Crippen molar-refractivity contribution in [3.63, 3.8) is 0 Å². The van der Waals surface area contributed by atoms with Gasteiger partial charge in [0.15, 0.2) is 0 Å². The van der Waals surface area contributed by atoms with Crippen molar-refractivity contribution in [3.05, 3.63) is 30.1 Å². The van der Waals surface area contributed by atoms with E-state index in [0.717, 1.165) is 12.8 Å². The Balaban J connectivity index is 2.00. The molecule has 1 fully saturated rings. The van der Waals surface area contributed by atoms with Crippen molar-refractivity contribution in [2.45, 2.75) is 71.6 Å². The minimum Gasteiger partial charge on any atom is -0.391 e. The molecule has 2 amide bonds. The zero-order valence-electron chi connectivity index (χ0n) is 20.7. The molecule has 186 valence electrons. The van der Waals surface area contributed by atoms with Crippen LogP contribution in [0, 0.1) is 17.7 Å². The fourth-order valence-corrected chi connectivity index (χ4v) is 4.22. The lowest BCUT2D eigenvalue weighted by Crippen LogP contribution is -2.64. The number of rotatable bonds is 11. The molecule has 0 aliphatic carbocycles. The number of halogens is 1. The van der Waals surface area contributed by atoms with Crippen LogP contribution in [-0.2, 0) is 9.59 Å². The molecule has 8 heteroatoms. The van der Waals surface area contributed by atoms with Crippen LogP contribution < -0.4 is 16.0 Å². The highest BCUT2D eigenvalue weighted by Crippen LogP contribution is 2.27. The number of benzene rings is 1. The normalized spacial score (nSPS) is 19.4. The zero-order chi connectivity index (χ0) is 24.8. The van der Waals surface area contributed by atoms with Gasteiger partial charge in [-0.15, -0.1) is 0 Å². The SMILES string of the molecule is CCCCNC(=O)[C@@H](C[C@H](O)[C@@H](N)CN1CC(=O)N(c2ccc(F)cc2)CC1(C)C)C(C)C. The second-order valence-electron chi connectivity index (χ2n) is 10.1. The number of aliphatic hydroxyl groups is 1. The summed E-state index contributed by atoms with van der Waals surface area (Å²) in [5.41, 5.74) is 6.62. The van der Waals surface area contributed by atoms with Gasteiger partial charge in [0, 0.05) is 42.8 Å². The fraction of sp³-hybridized carbons (Fsp3) is 0.680. The standard InChI is InChI=1S/C25H41FN4O3/c1-6-7-12-28-24(33)20(17(2)3)13-22(31)21(27)14-29-15-23(32)30(16-25(29,4)5)19-10-8-18(26)9-11-19/h8-11,17,20-22,31H,6-7,12-16,27H2,1-5H3,(H,28,33)/t20-,21-,22-/m0/s1. The number of anilines is 1. The lowest BCUT2D eigenvalue weighted by Gasteiger charge is -2.47. The topological polar surface area (TPSA) is 98.9 Å². The summed E-state index contributed by atoms with van der Waals surface area (Å²) in [6.07, 6.45) is 1.34. The predicted molar refractivity (Wildman–Crippen MR) is 129 cm³/mol. The number of nitrogens with zero attached hydrogens (tertiary/aromatic N) is 2. The summed E-state index contributed by atoms with van der Waals surface area (Å²) in [5.74, 6) is -0.743. The Morgan fingerprint density at radius 3 is 2.48 bits per heavy atom. The van der Waals surface area contributed by atoms with E-state index >= 15 is 0 Å². The molecule has 2 rings (SSSR count). The molecule has 1 aromatic carbocycles. The summed E-state index contributed by atoms with van der Waals surface area (Å²) in [4.78, 5) is 29.1. The predicted octanol–water partition coefficient (Wildman–Crippen LogP) is 2.52. The van der Waals surface area contributed by atoms with Gasteiger partial charge < -0.3 is 21.1 Å². The van der Waals surface area contributed by atoms with E-state index < -0.39 is 17.7 Å². The minimum atomic E-state index is -0.865. The van der Waals surface area contributed by atoms with Gasteiger partial charge in [0.25, 0.3) is 0 Å². The van der Waals surface area contributed by atoms with Crippen LogP contribution in [0.1, 0.15) is 53.9 Å². The molecule has 0 spiro atoms. The number of nitrogens with two attached hydrogens (primary N) is 1. The van der Waals surface area contributed by atoms with Crippen LogP contribution in [0.5, 0.6) is 0 Å². The number of aliphatic hydroxyl groups excluding tert-OH is 1. The van der Waals surface area contributed by atoms with Crippen LogP contribution in [0.25, 0.3) is 0 Å². The van der Waals surface area contributed by atoms with E-state index in [1.807, 2.05) is 32.6 Å². The highest BCUT2D eigenvalue weighted by molar-refractivity contribution is 5.95. The monoisotopic (exact) mass is 464 g/mol. The van der Waals surface area contributed by atoms with Crippen LogP contribution in [0.2, 0.25) is 0 Å². The number of hydrogen-bond acceptors (Lipinski definition) is 5. The number of amides is 2. The summed E-state index contributed by atoms with van der Waals surface area (Å²) in [7, 11) is 0. The maximum atomic E-state index is 13.3. The Kier molecular flexibility index (Phi) is 9.82. The molecule has 0 saturated carbocycles. The van der Waals surface area contributed by atoms with Crippen molar-refractivity contribution >= 4 is 17.5 Å². The number of unbranched alkanes of at least 4 members (excludes halogenated alkanes) is 1. The maximum absolute atomic E-state index is 13.3. The molecule has 0 bridgehead atoms. The van der Waals surface area contributed by atoms with Crippen LogP contribution in [-0.4, -0.2) is 65.7 Å². The van der Waals surface area contributed by atoms with Crippen molar-refractivity contribution in [1.82, 2.24) is 10.2 Å². The molecule has 1 heterocycles. The van der Waals surface area contributed by atoms with Gasteiger partial charge in [-0.1, -0.05) is 27.2 Å². The Hall–Kier alpha value is -2.03. The number of carbonyl (C=O) groups is 2. The molecule has 1 aliphatic heterocycles. The van der Waals surface area contributed by atoms with E-state index in [1.54, 1.807) is 17.0 Å². The smallest absolute Gasteiger partial charge is 0.241 e. The molecule has 1 aliphatic rings. The van der Waals surface area contributed by atoms with Gasteiger partial charge in [0.05, 0.1) is 12.6 Å². The lowest BCUT2D eigenvalue weighted by atomic mass is 9.87. The van der Waals surface area contributed by atoms with E-state index in [4.69, 9.17) is 5.73 Å². The second kappa shape index (κ2) is 11.9. The first kappa shape index (κ1) is 27.2. The average molecular weight is 465 g/mol. The van der Waals surface area contributed by atoms with Crippen molar-refractivity contribution in [2.75, 3.05) is 31.1 Å². The van der Waals surface area contributed by atoms with E-state index in [2.05, 4.69) is 12.2 Å². The van der Waals surface area contributed by atoms with Crippen LogP contribution >= 0.6 is 0 Å².